The molecular formula is C24H30N4O3S3. The molecule has 0 fully saturated rings. The fourth-order valence-corrected chi connectivity index (χ4v) is 7.39. The van der Waals surface area contributed by atoms with Crippen molar-refractivity contribution in [2.75, 3.05) is 17.7 Å². The number of esters is 1. The third-order valence-electron chi connectivity index (χ3n) is 5.97. The summed E-state index contributed by atoms with van der Waals surface area (Å²) in [5, 5.41) is 15.3. The van der Waals surface area contributed by atoms with Crippen LogP contribution in [0.3, 0.4) is 0 Å². The van der Waals surface area contributed by atoms with Gasteiger partial charge in [-0.15, -0.1) is 32.9 Å². The Labute approximate surface area is 212 Å². The molecule has 0 saturated carbocycles. The lowest BCUT2D eigenvalue weighted by molar-refractivity contribution is -0.113. The highest BCUT2D eigenvalue weighted by atomic mass is 32.2. The molecule has 3 aromatic rings. The van der Waals surface area contributed by atoms with Crippen molar-refractivity contribution < 1.29 is 14.3 Å². The second kappa shape index (κ2) is 11.0. The van der Waals surface area contributed by atoms with Crippen LogP contribution in [-0.4, -0.2) is 39.0 Å². The Morgan fingerprint density at radius 1 is 1.21 bits per heavy atom. The van der Waals surface area contributed by atoms with E-state index in [0.717, 1.165) is 60.8 Å². The third-order valence-corrected chi connectivity index (χ3v) is 9.09. The predicted octanol–water partition coefficient (Wildman–Crippen LogP) is 5.75. The SMILES string of the molecule is CCOC(=O)c1c(NC(=O)CSc2nnc(-c3csc(C)c3CC)n2CC)sc2c1CCCC2. The number of carbonyl (C=O) groups is 2. The van der Waals surface area contributed by atoms with Gasteiger partial charge in [0.05, 0.1) is 17.9 Å². The van der Waals surface area contributed by atoms with Crippen LogP contribution in [0.2, 0.25) is 0 Å². The van der Waals surface area contributed by atoms with E-state index >= 15 is 0 Å². The molecule has 3 aromatic heterocycles. The Balaban J connectivity index is 1.50. The average Bonchev–Trinajstić information content (AvgIpc) is 3.51. The van der Waals surface area contributed by atoms with Gasteiger partial charge in [-0.1, -0.05) is 18.7 Å². The molecule has 0 saturated heterocycles. The van der Waals surface area contributed by atoms with Crippen molar-refractivity contribution in [2.24, 2.45) is 0 Å². The summed E-state index contributed by atoms with van der Waals surface area (Å²) in [6.45, 7) is 9.17. The van der Waals surface area contributed by atoms with Gasteiger partial charge in [-0.3, -0.25) is 4.79 Å². The summed E-state index contributed by atoms with van der Waals surface area (Å²) in [4.78, 5) is 28.0. The number of carbonyl (C=O) groups excluding carboxylic acids is 2. The van der Waals surface area contributed by atoms with E-state index < -0.39 is 0 Å². The summed E-state index contributed by atoms with van der Waals surface area (Å²) in [5.74, 6) is 0.522. The number of anilines is 1. The van der Waals surface area contributed by atoms with Crippen LogP contribution >= 0.6 is 34.4 Å². The van der Waals surface area contributed by atoms with Gasteiger partial charge in [-0.25, -0.2) is 4.79 Å². The van der Waals surface area contributed by atoms with Crippen molar-refractivity contribution in [2.45, 2.75) is 71.5 Å². The summed E-state index contributed by atoms with van der Waals surface area (Å²) in [5.41, 5.74) is 4.01. The number of rotatable bonds is 9. The fraction of sp³-hybridized carbons (Fsp3) is 0.500. The number of aryl methyl sites for hydroxylation is 2. The van der Waals surface area contributed by atoms with Crippen LogP contribution in [-0.2, 0) is 35.3 Å². The first-order valence-corrected chi connectivity index (χ1v) is 14.4. The number of nitrogens with zero attached hydrogens (tertiary/aromatic N) is 3. The lowest BCUT2D eigenvalue weighted by atomic mass is 9.95. The van der Waals surface area contributed by atoms with Crippen molar-refractivity contribution >= 4 is 51.3 Å². The summed E-state index contributed by atoms with van der Waals surface area (Å²) in [6.07, 6.45) is 4.91. The molecular weight excluding hydrogens is 488 g/mol. The first kappa shape index (κ1) is 24.9. The molecule has 3 heterocycles. The van der Waals surface area contributed by atoms with Crippen molar-refractivity contribution in [3.8, 4) is 11.4 Å². The molecule has 0 spiro atoms. The zero-order valence-corrected chi connectivity index (χ0v) is 22.5. The maximum Gasteiger partial charge on any atom is 0.341 e. The van der Waals surface area contributed by atoms with Crippen molar-refractivity contribution in [3.63, 3.8) is 0 Å². The number of hydrogen-bond acceptors (Lipinski definition) is 8. The molecule has 7 nitrogen and oxygen atoms in total. The second-order valence-corrected chi connectivity index (χ2v) is 11.2. The number of hydrogen-bond donors (Lipinski definition) is 1. The van der Waals surface area contributed by atoms with Crippen LogP contribution in [0.1, 0.15) is 64.9 Å². The normalized spacial score (nSPS) is 13.1. The molecule has 0 aromatic carbocycles. The first-order valence-electron chi connectivity index (χ1n) is 11.7. The molecule has 34 heavy (non-hydrogen) atoms. The van der Waals surface area contributed by atoms with E-state index in [1.165, 1.54) is 38.4 Å². The van der Waals surface area contributed by atoms with E-state index in [9.17, 15) is 9.59 Å². The Morgan fingerprint density at radius 2 is 2.00 bits per heavy atom. The van der Waals surface area contributed by atoms with E-state index in [1.54, 1.807) is 18.3 Å². The van der Waals surface area contributed by atoms with Gasteiger partial charge in [0.1, 0.15) is 5.00 Å². The Bertz CT molecular complexity index is 1190. The molecule has 0 aliphatic heterocycles. The minimum Gasteiger partial charge on any atom is -0.462 e. The molecule has 1 amide bonds. The quantitative estimate of drug-likeness (QED) is 0.287. The third kappa shape index (κ3) is 4.94. The minimum absolute atomic E-state index is 0.165. The standard InChI is InChI=1S/C24H30N4O3S3/c1-5-15-14(4)32-12-17(15)21-26-27-24(28(21)6-2)33-13-19(29)25-22-20(23(30)31-7-3)16-10-8-9-11-18(16)34-22/h12H,5-11,13H2,1-4H3,(H,25,29). The molecule has 0 radical (unpaired) electrons. The van der Waals surface area contributed by atoms with Crippen molar-refractivity contribution in [1.29, 1.82) is 0 Å². The highest BCUT2D eigenvalue weighted by Crippen LogP contribution is 2.39. The van der Waals surface area contributed by atoms with Gasteiger partial charge in [0, 0.05) is 27.2 Å². The van der Waals surface area contributed by atoms with Gasteiger partial charge in [0.15, 0.2) is 11.0 Å². The predicted molar refractivity (Wildman–Crippen MR) is 139 cm³/mol. The Morgan fingerprint density at radius 3 is 2.74 bits per heavy atom. The molecule has 0 unspecified atom stereocenters. The molecule has 1 aliphatic carbocycles. The van der Waals surface area contributed by atoms with Crippen LogP contribution in [0.4, 0.5) is 5.00 Å². The zero-order chi connectivity index (χ0) is 24.2. The fourth-order valence-electron chi connectivity index (χ4n) is 4.35. The van der Waals surface area contributed by atoms with Crippen molar-refractivity contribution in [1.82, 2.24) is 14.8 Å². The van der Waals surface area contributed by atoms with E-state index in [1.807, 2.05) is 0 Å². The smallest absolute Gasteiger partial charge is 0.341 e. The van der Waals surface area contributed by atoms with Gasteiger partial charge in [-0.2, -0.15) is 0 Å². The van der Waals surface area contributed by atoms with E-state index in [2.05, 4.69) is 46.2 Å². The van der Waals surface area contributed by atoms with Gasteiger partial charge in [-0.05, 0) is 64.0 Å². The van der Waals surface area contributed by atoms with Crippen LogP contribution in [0.25, 0.3) is 11.4 Å². The summed E-state index contributed by atoms with van der Waals surface area (Å²) in [7, 11) is 0. The van der Waals surface area contributed by atoms with Gasteiger partial charge in [0.25, 0.3) is 0 Å². The Hall–Kier alpha value is -2.17. The molecule has 1 aliphatic rings. The van der Waals surface area contributed by atoms with Crippen LogP contribution in [0, 0.1) is 6.92 Å². The number of ether oxygens (including phenoxy) is 1. The second-order valence-electron chi connectivity index (χ2n) is 8.06. The van der Waals surface area contributed by atoms with Crippen LogP contribution in [0.15, 0.2) is 10.5 Å². The topological polar surface area (TPSA) is 86.1 Å². The largest absolute Gasteiger partial charge is 0.462 e. The maximum absolute atomic E-state index is 12.9. The summed E-state index contributed by atoms with van der Waals surface area (Å²) >= 11 is 4.60. The highest BCUT2D eigenvalue weighted by molar-refractivity contribution is 7.99. The first-order chi connectivity index (χ1) is 16.5. The van der Waals surface area contributed by atoms with Crippen LogP contribution in [0.5, 0.6) is 0 Å². The number of thioether (sulfide) groups is 1. The monoisotopic (exact) mass is 518 g/mol. The number of thiophene rings is 2. The van der Waals surface area contributed by atoms with Gasteiger partial charge in [0.2, 0.25) is 5.91 Å². The lowest BCUT2D eigenvalue weighted by Gasteiger charge is -2.12. The molecule has 1 N–H and O–H groups in total. The van der Waals surface area contributed by atoms with Gasteiger partial charge < -0.3 is 14.6 Å². The molecule has 182 valence electrons. The summed E-state index contributed by atoms with van der Waals surface area (Å²) in [6, 6.07) is 0. The molecule has 0 bridgehead atoms. The Kier molecular flexibility index (Phi) is 8.10. The molecule has 10 heteroatoms. The number of nitrogens with one attached hydrogen (secondary N) is 1. The average molecular weight is 519 g/mol. The molecule has 4 rings (SSSR count). The number of aromatic nitrogens is 3. The van der Waals surface area contributed by atoms with E-state index in [-0.39, 0.29) is 17.6 Å². The van der Waals surface area contributed by atoms with Crippen molar-refractivity contribution in [3.05, 3.63) is 31.8 Å². The van der Waals surface area contributed by atoms with E-state index in [4.69, 9.17) is 4.74 Å². The lowest BCUT2D eigenvalue weighted by Crippen LogP contribution is -2.17. The minimum atomic E-state index is -0.349. The maximum atomic E-state index is 12.9. The van der Waals surface area contributed by atoms with Crippen LogP contribution < -0.4 is 5.32 Å². The molecule has 0 atom stereocenters. The van der Waals surface area contributed by atoms with Gasteiger partial charge >= 0.3 is 5.97 Å². The summed E-state index contributed by atoms with van der Waals surface area (Å²) < 4.78 is 7.35. The number of fused-ring (bicyclic) bond motifs is 1. The van der Waals surface area contributed by atoms with E-state index in [0.29, 0.717) is 17.2 Å². The number of amides is 1. The highest BCUT2D eigenvalue weighted by Gasteiger charge is 2.27. The zero-order valence-electron chi connectivity index (χ0n) is 20.0.